The maximum absolute atomic E-state index is 12.4. The lowest BCUT2D eigenvalue weighted by Gasteiger charge is -2.21. The first-order valence-corrected chi connectivity index (χ1v) is 10.4. The molecule has 0 aliphatic heterocycles. The highest BCUT2D eigenvalue weighted by Gasteiger charge is 2.29. The molecule has 0 unspecified atom stereocenters. The topological polar surface area (TPSA) is 125 Å². The second-order valence-electron chi connectivity index (χ2n) is 7.95. The number of nitrogens with one attached hydrogen (secondary N) is 1. The van der Waals surface area contributed by atoms with E-state index >= 15 is 0 Å². The number of alkyl halides is 3. The quantitative estimate of drug-likeness (QED) is 0.437. The molecule has 0 amide bonds. The average molecular weight is 488 g/mol. The lowest BCUT2D eigenvalue weighted by Crippen LogP contribution is -2.42. The molecule has 0 aliphatic carbocycles. The summed E-state index contributed by atoms with van der Waals surface area (Å²) in [5.41, 5.74) is -2.95. The van der Waals surface area contributed by atoms with E-state index in [0.29, 0.717) is 17.9 Å². The fourth-order valence-electron chi connectivity index (χ4n) is 2.78. The Bertz CT molecular complexity index is 1090. The Morgan fingerprint density at radius 2 is 1.74 bits per heavy atom. The van der Waals surface area contributed by atoms with Crippen molar-refractivity contribution in [3.05, 3.63) is 45.1 Å². The third kappa shape index (κ3) is 7.81. The SMILES string of the molecule is Cn1nc(NCCCOc2ccc(OC(C)(C)C(=O)O)cc2)c(=O)n(CCCC(F)(F)F)c1=O. The summed E-state index contributed by atoms with van der Waals surface area (Å²) < 4.78 is 49.7. The van der Waals surface area contributed by atoms with Crippen LogP contribution in [-0.4, -0.2) is 50.4 Å². The van der Waals surface area contributed by atoms with Crippen molar-refractivity contribution in [3.8, 4) is 11.5 Å². The Morgan fingerprint density at radius 1 is 1.12 bits per heavy atom. The van der Waals surface area contributed by atoms with Crippen LogP contribution in [0.5, 0.6) is 11.5 Å². The number of ether oxygens (including phenoxy) is 2. The standard InChI is InChI=1S/C21H27F3N4O6/c1-20(2,18(30)31)34-15-8-6-14(7-9-15)33-13-5-11-25-16-17(29)28(19(32)27(3)26-16)12-4-10-21(22,23)24/h6-9H,4-5,10-13H2,1-3H3,(H,25,26)(H,30,31). The molecule has 0 saturated heterocycles. The lowest BCUT2D eigenvalue weighted by molar-refractivity contribution is -0.152. The maximum Gasteiger partial charge on any atom is 0.389 e. The number of benzene rings is 1. The van der Waals surface area contributed by atoms with Crippen molar-refractivity contribution in [1.29, 1.82) is 0 Å². The Morgan fingerprint density at radius 3 is 2.32 bits per heavy atom. The van der Waals surface area contributed by atoms with Gasteiger partial charge in [-0.2, -0.15) is 13.2 Å². The summed E-state index contributed by atoms with van der Waals surface area (Å²) in [6.45, 7) is 3.03. The number of aromatic nitrogens is 3. The number of hydrogen-bond donors (Lipinski definition) is 2. The van der Waals surface area contributed by atoms with Gasteiger partial charge in [-0.25, -0.2) is 14.3 Å². The number of rotatable bonds is 12. The number of nitrogens with zero attached hydrogens (tertiary/aromatic N) is 3. The van der Waals surface area contributed by atoms with Gasteiger partial charge in [-0.1, -0.05) is 0 Å². The van der Waals surface area contributed by atoms with E-state index in [-0.39, 0.29) is 25.5 Å². The average Bonchev–Trinajstić information content (AvgIpc) is 2.74. The zero-order chi connectivity index (χ0) is 25.5. The van der Waals surface area contributed by atoms with Crippen molar-refractivity contribution in [1.82, 2.24) is 14.3 Å². The Balaban J connectivity index is 1.86. The highest BCUT2D eigenvalue weighted by Crippen LogP contribution is 2.22. The largest absolute Gasteiger partial charge is 0.494 e. The summed E-state index contributed by atoms with van der Waals surface area (Å²) in [6, 6.07) is 6.39. The number of anilines is 1. The molecular formula is C21H27F3N4O6. The van der Waals surface area contributed by atoms with E-state index in [1.54, 1.807) is 24.3 Å². The lowest BCUT2D eigenvalue weighted by atomic mass is 10.1. The first kappa shape index (κ1) is 26.7. The third-order valence-electron chi connectivity index (χ3n) is 4.64. The van der Waals surface area contributed by atoms with Crippen LogP contribution in [0.1, 0.15) is 33.1 Å². The zero-order valence-corrected chi connectivity index (χ0v) is 19.0. The van der Waals surface area contributed by atoms with Crippen molar-refractivity contribution in [3.63, 3.8) is 0 Å². The second-order valence-corrected chi connectivity index (χ2v) is 7.95. The first-order valence-electron chi connectivity index (χ1n) is 10.4. The van der Waals surface area contributed by atoms with Crippen molar-refractivity contribution >= 4 is 11.8 Å². The van der Waals surface area contributed by atoms with E-state index in [4.69, 9.17) is 14.6 Å². The van der Waals surface area contributed by atoms with E-state index in [2.05, 4.69) is 10.4 Å². The maximum atomic E-state index is 12.4. The monoisotopic (exact) mass is 488 g/mol. The van der Waals surface area contributed by atoms with Crippen LogP contribution in [0.15, 0.2) is 33.9 Å². The number of aryl methyl sites for hydroxylation is 1. The Hall–Kier alpha value is -3.51. The van der Waals surface area contributed by atoms with Gasteiger partial charge >= 0.3 is 17.8 Å². The summed E-state index contributed by atoms with van der Waals surface area (Å²) in [4.78, 5) is 35.6. The minimum Gasteiger partial charge on any atom is -0.494 e. The molecule has 0 aliphatic rings. The number of carboxylic acids is 1. The summed E-state index contributed by atoms with van der Waals surface area (Å²) in [6.07, 6.45) is -5.42. The van der Waals surface area contributed by atoms with Gasteiger partial charge in [0.1, 0.15) is 11.5 Å². The van der Waals surface area contributed by atoms with Gasteiger partial charge in [-0.05, 0) is 51.0 Å². The van der Waals surface area contributed by atoms with Crippen molar-refractivity contribution in [2.24, 2.45) is 7.05 Å². The molecule has 1 heterocycles. The van der Waals surface area contributed by atoms with Gasteiger partial charge in [0.25, 0.3) is 5.56 Å². The van der Waals surface area contributed by atoms with Crippen LogP contribution in [0.4, 0.5) is 19.0 Å². The molecule has 0 atom stereocenters. The molecule has 0 saturated carbocycles. The molecule has 1 aromatic heterocycles. The van der Waals surface area contributed by atoms with E-state index < -0.39 is 41.8 Å². The molecule has 0 bridgehead atoms. The molecule has 2 N–H and O–H groups in total. The predicted molar refractivity (Wildman–Crippen MR) is 116 cm³/mol. The molecule has 0 spiro atoms. The number of carbonyl (C=O) groups is 1. The normalized spacial score (nSPS) is 11.8. The molecule has 188 valence electrons. The zero-order valence-electron chi connectivity index (χ0n) is 19.0. The summed E-state index contributed by atoms with van der Waals surface area (Å²) >= 11 is 0. The third-order valence-corrected chi connectivity index (χ3v) is 4.64. The number of carboxylic acid groups (broad SMARTS) is 1. The van der Waals surface area contributed by atoms with Gasteiger partial charge in [0.2, 0.25) is 5.82 Å². The molecule has 10 nitrogen and oxygen atoms in total. The van der Waals surface area contributed by atoms with Crippen LogP contribution in [0, 0.1) is 0 Å². The van der Waals surface area contributed by atoms with E-state index in [1.165, 1.54) is 20.9 Å². The summed E-state index contributed by atoms with van der Waals surface area (Å²) in [7, 11) is 1.31. The van der Waals surface area contributed by atoms with Crippen molar-refractivity contribution < 1.29 is 32.5 Å². The Labute approximate surface area is 192 Å². The fourth-order valence-corrected chi connectivity index (χ4v) is 2.78. The molecule has 2 aromatic rings. The molecular weight excluding hydrogens is 461 g/mol. The van der Waals surface area contributed by atoms with Crippen LogP contribution < -0.4 is 26.0 Å². The van der Waals surface area contributed by atoms with Crippen molar-refractivity contribution in [2.45, 2.75) is 51.4 Å². The van der Waals surface area contributed by atoms with E-state index in [1.807, 2.05) is 0 Å². The number of hydrogen-bond acceptors (Lipinski definition) is 7. The Kier molecular flexibility index (Phi) is 8.71. The van der Waals surface area contributed by atoms with Crippen LogP contribution >= 0.6 is 0 Å². The second kappa shape index (κ2) is 11.1. The van der Waals surface area contributed by atoms with Crippen molar-refractivity contribution in [2.75, 3.05) is 18.5 Å². The summed E-state index contributed by atoms with van der Waals surface area (Å²) in [5.74, 6) is -0.348. The fraction of sp³-hybridized carbons (Fsp3) is 0.524. The molecule has 13 heteroatoms. The number of aliphatic carboxylic acids is 1. The van der Waals surface area contributed by atoms with E-state index in [9.17, 15) is 27.6 Å². The molecule has 0 radical (unpaired) electrons. The first-order chi connectivity index (χ1) is 15.8. The molecule has 2 rings (SSSR count). The van der Waals surface area contributed by atoms with Crippen LogP contribution in [0.25, 0.3) is 0 Å². The summed E-state index contributed by atoms with van der Waals surface area (Å²) in [5, 5.41) is 15.7. The van der Waals surface area contributed by atoms with Crippen LogP contribution in [-0.2, 0) is 18.4 Å². The highest BCUT2D eigenvalue weighted by molar-refractivity contribution is 5.76. The van der Waals surface area contributed by atoms with Gasteiger partial charge in [-0.15, -0.1) is 5.10 Å². The van der Waals surface area contributed by atoms with Crippen LogP contribution in [0.3, 0.4) is 0 Å². The van der Waals surface area contributed by atoms with Gasteiger partial charge < -0.3 is 19.9 Å². The van der Waals surface area contributed by atoms with Gasteiger partial charge in [0, 0.05) is 26.6 Å². The highest BCUT2D eigenvalue weighted by atomic mass is 19.4. The molecule has 0 fully saturated rings. The van der Waals surface area contributed by atoms with Gasteiger partial charge in [0.15, 0.2) is 5.60 Å². The van der Waals surface area contributed by atoms with E-state index in [0.717, 1.165) is 9.25 Å². The minimum absolute atomic E-state index is 0.142. The number of halogens is 3. The van der Waals surface area contributed by atoms with Gasteiger partial charge in [0.05, 0.1) is 6.61 Å². The molecule has 34 heavy (non-hydrogen) atoms. The predicted octanol–water partition coefficient (Wildman–Crippen LogP) is 2.41. The smallest absolute Gasteiger partial charge is 0.389 e. The van der Waals surface area contributed by atoms with Gasteiger partial charge in [-0.3, -0.25) is 9.36 Å². The molecule has 1 aromatic carbocycles. The van der Waals surface area contributed by atoms with Crippen LogP contribution in [0.2, 0.25) is 0 Å². The minimum atomic E-state index is -4.37.